The van der Waals surface area contributed by atoms with E-state index in [4.69, 9.17) is 14.8 Å². The second kappa shape index (κ2) is 30.0. The molecule has 0 saturated carbocycles. The molecular weight excluding hydrogens is 563 g/mol. The van der Waals surface area contributed by atoms with E-state index in [-0.39, 0.29) is 25.7 Å². The molecule has 0 radical (unpaired) electrons. The van der Waals surface area contributed by atoms with Crippen LogP contribution in [0.15, 0.2) is 72.9 Å². The standard InChI is InChI=1S/C34H59N2O6P/c1-3-5-7-9-11-13-15-16-18-20-22-24-26-28-34(38)36-32(31-42-43(39,40)41-30-29-35)33(37)27-25-23-21-19-17-14-12-10-8-6-4-2/h5,7-8,10-11,13,16-19,25,27,32-33,37H,3-4,6,9,12,14-15,20-24,26,28-31,35H2,1-2H3,(H,36,38)(H,39,40)/b7-5-,10-8+,13-11-,18-16-,19-17+,27-25+. The van der Waals surface area contributed by atoms with E-state index >= 15 is 0 Å². The van der Waals surface area contributed by atoms with Crippen molar-refractivity contribution in [1.29, 1.82) is 0 Å². The molecule has 0 saturated heterocycles. The Morgan fingerprint density at radius 1 is 0.791 bits per heavy atom. The van der Waals surface area contributed by atoms with Crippen LogP contribution >= 0.6 is 7.82 Å². The third kappa shape index (κ3) is 28.5. The number of aliphatic hydroxyl groups excluding tert-OH is 1. The van der Waals surface area contributed by atoms with Crippen LogP contribution in [0.3, 0.4) is 0 Å². The Morgan fingerprint density at radius 2 is 1.37 bits per heavy atom. The number of nitrogens with two attached hydrogens (primary N) is 1. The third-order valence-electron chi connectivity index (χ3n) is 6.22. The third-order valence-corrected chi connectivity index (χ3v) is 7.21. The van der Waals surface area contributed by atoms with E-state index < -0.39 is 20.0 Å². The lowest BCUT2D eigenvalue weighted by atomic mass is 10.1. The zero-order valence-corrected chi connectivity index (χ0v) is 27.6. The number of hydrogen-bond donors (Lipinski definition) is 4. The minimum atomic E-state index is -4.35. The first kappa shape index (κ1) is 40.9. The normalized spacial score (nSPS) is 15.6. The van der Waals surface area contributed by atoms with Gasteiger partial charge in [0, 0.05) is 13.0 Å². The molecule has 3 atom stereocenters. The van der Waals surface area contributed by atoms with E-state index in [2.05, 4.69) is 79.9 Å². The van der Waals surface area contributed by atoms with Gasteiger partial charge in [-0.1, -0.05) is 99.6 Å². The predicted molar refractivity (Wildman–Crippen MR) is 180 cm³/mol. The minimum Gasteiger partial charge on any atom is -0.387 e. The first-order valence-corrected chi connectivity index (χ1v) is 17.6. The molecule has 0 rings (SSSR count). The number of carbonyl (C=O) groups excluding carboxylic acids is 1. The molecule has 0 heterocycles. The van der Waals surface area contributed by atoms with Crippen molar-refractivity contribution in [1.82, 2.24) is 5.32 Å². The van der Waals surface area contributed by atoms with Crippen molar-refractivity contribution >= 4 is 13.7 Å². The lowest BCUT2D eigenvalue weighted by Gasteiger charge is -2.23. The zero-order valence-electron chi connectivity index (χ0n) is 26.7. The average Bonchev–Trinajstić information content (AvgIpc) is 2.99. The first-order valence-electron chi connectivity index (χ1n) is 16.1. The van der Waals surface area contributed by atoms with Gasteiger partial charge in [0.25, 0.3) is 0 Å². The van der Waals surface area contributed by atoms with Crippen molar-refractivity contribution in [3.8, 4) is 0 Å². The summed E-state index contributed by atoms with van der Waals surface area (Å²) in [7, 11) is -4.35. The molecule has 0 aromatic rings. The number of phosphoric acid groups is 1. The van der Waals surface area contributed by atoms with E-state index in [0.29, 0.717) is 12.8 Å². The van der Waals surface area contributed by atoms with Crippen LogP contribution in [-0.2, 0) is 18.4 Å². The number of nitrogens with one attached hydrogen (secondary N) is 1. The number of carbonyl (C=O) groups is 1. The summed E-state index contributed by atoms with van der Waals surface area (Å²) in [6, 6.07) is -0.899. The summed E-state index contributed by atoms with van der Waals surface area (Å²) in [6.07, 6.45) is 36.7. The molecule has 0 aliphatic heterocycles. The van der Waals surface area contributed by atoms with Gasteiger partial charge < -0.3 is 21.1 Å². The van der Waals surface area contributed by atoms with Crippen molar-refractivity contribution in [2.75, 3.05) is 19.8 Å². The summed E-state index contributed by atoms with van der Waals surface area (Å²) >= 11 is 0. The fraction of sp³-hybridized carbons (Fsp3) is 0.618. The summed E-state index contributed by atoms with van der Waals surface area (Å²) < 4.78 is 21.9. The summed E-state index contributed by atoms with van der Waals surface area (Å²) in [5.41, 5.74) is 5.32. The molecule has 8 nitrogen and oxygen atoms in total. The van der Waals surface area contributed by atoms with E-state index in [9.17, 15) is 19.4 Å². The monoisotopic (exact) mass is 622 g/mol. The Kier molecular flexibility index (Phi) is 28.6. The molecule has 0 spiro atoms. The SMILES string of the molecule is CC/C=C\C/C=C\C/C=C\CCCCCC(=O)NC(COP(=O)(O)OCCN)C(O)/C=C/CC/C=C/CC/C=C/CCC. The molecule has 0 aliphatic rings. The quantitative estimate of drug-likeness (QED) is 0.0398. The van der Waals surface area contributed by atoms with E-state index in [1.807, 2.05) is 6.08 Å². The van der Waals surface area contributed by atoms with Crippen LogP contribution in [0, 0.1) is 0 Å². The highest BCUT2D eigenvalue weighted by atomic mass is 31.2. The molecule has 246 valence electrons. The van der Waals surface area contributed by atoms with Crippen molar-refractivity contribution in [2.24, 2.45) is 5.73 Å². The average molecular weight is 623 g/mol. The van der Waals surface area contributed by atoms with Crippen LogP contribution < -0.4 is 11.1 Å². The van der Waals surface area contributed by atoms with Gasteiger partial charge in [-0.25, -0.2) is 4.57 Å². The number of aliphatic hydroxyl groups is 1. The van der Waals surface area contributed by atoms with Gasteiger partial charge >= 0.3 is 7.82 Å². The maximum absolute atomic E-state index is 12.6. The van der Waals surface area contributed by atoms with Gasteiger partial charge in [0.15, 0.2) is 0 Å². The number of allylic oxidation sites excluding steroid dienone is 11. The van der Waals surface area contributed by atoms with Crippen molar-refractivity contribution in [3.63, 3.8) is 0 Å². The van der Waals surface area contributed by atoms with Gasteiger partial charge in [-0.3, -0.25) is 13.8 Å². The Hall–Kier alpha value is -2.06. The van der Waals surface area contributed by atoms with Gasteiger partial charge in [-0.05, 0) is 70.6 Å². The molecule has 3 unspecified atom stereocenters. The second-order valence-electron chi connectivity index (χ2n) is 10.3. The highest BCUT2D eigenvalue weighted by Gasteiger charge is 2.26. The molecule has 1 amide bonds. The van der Waals surface area contributed by atoms with Gasteiger partial charge in [0.05, 0.1) is 25.4 Å². The molecule has 43 heavy (non-hydrogen) atoms. The second-order valence-corrected chi connectivity index (χ2v) is 11.7. The van der Waals surface area contributed by atoms with Crippen LogP contribution in [0.5, 0.6) is 0 Å². The highest BCUT2D eigenvalue weighted by molar-refractivity contribution is 7.47. The molecule has 5 N–H and O–H groups in total. The van der Waals surface area contributed by atoms with Crippen molar-refractivity contribution in [2.45, 2.75) is 116 Å². The van der Waals surface area contributed by atoms with Crippen LogP contribution in [0.1, 0.15) is 104 Å². The van der Waals surface area contributed by atoms with Crippen LogP contribution in [-0.4, -0.2) is 47.8 Å². The lowest BCUT2D eigenvalue weighted by molar-refractivity contribution is -0.123. The molecule has 9 heteroatoms. The summed E-state index contributed by atoms with van der Waals surface area (Å²) in [6.45, 7) is 3.83. The Bertz CT molecular complexity index is 897. The van der Waals surface area contributed by atoms with Crippen LogP contribution in [0.4, 0.5) is 0 Å². The zero-order chi connectivity index (χ0) is 31.9. The molecule has 0 fully saturated rings. The molecule has 0 aliphatic carbocycles. The molecule has 0 aromatic carbocycles. The maximum Gasteiger partial charge on any atom is 0.472 e. The summed E-state index contributed by atoms with van der Waals surface area (Å²) in [5.74, 6) is -0.245. The number of phosphoric ester groups is 1. The van der Waals surface area contributed by atoms with Gasteiger partial charge in [-0.2, -0.15) is 0 Å². The highest BCUT2D eigenvalue weighted by Crippen LogP contribution is 2.43. The number of hydrogen-bond acceptors (Lipinski definition) is 6. The fourth-order valence-corrected chi connectivity index (χ4v) is 4.59. The summed E-state index contributed by atoms with van der Waals surface area (Å²) in [5, 5.41) is 13.5. The lowest BCUT2D eigenvalue weighted by Crippen LogP contribution is -2.45. The van der Waals surface area contributed by atoms with E-state index in [0.717, 1.165) is 77.0 Å². The Balaban J connectivity index is 4.57. The number of unbranched alkanes of at least 4 members (excludes halogenated alkanes) is 6. The maximum atomic E-state index is 12.6. The first-order chi connectivity index (χ1) is 20.9. The van der Waals surface area contributed by atoms with Crippen LogP contribution in [0.25, 0.3) is 0 Å². The summed E-state index contributed by atoms with van der Waals surface area (Å²) in [4.78, 5) is 22.4. The predicted octanol–water partition coefficient (Wildman–Crippen LogP) is 7.76. The largest absolute Gasteiger partial charge is 0.472 e. The Morgan fingerprint density at radius 3 is 2.00 bits per heavy atom. The molecular formula is C34H59N2O6P. The van der Waals surface area contributed by atoms with Gasteiger partial charge in [0.2, 0.25) is 5.91 Å². The van der Waals surface area contributed by atoms with Crippen LogP contribution in [0.2, 0.25) is 0 Å². The fourth-order valence-electron chi connectivity index (χ4n) is 3.83. The van der Waals surface area contributed by atoms with E-state index in [1.54, 1.807) is 6.08 Å². The topological polar surface area (TPSA) is 131 Å². The van der Waals surface area contributed by atoms with E-state index in [1.165, 1.54) is 0 Å². The number of amides is 1. The molecule has 0 aromatic heterocycles. The van der Waals surface area contributed by atoms with Gasteiger partial charge in [-0.15, -0.1) is 0 Å². The van der Waals surface area contributed by atoms with Crippen molar-refractivity contribution in [3.05, 3.63) is 72.9 Å². The minimum absolute atomic E-state index is 0.0627. The smallest absolute Gasteiger partial charge is 0.387 e. The number of rotatable bonds is 28. The van der Waals surface area contributed by atoms with Gasteiger partial charge in [0.1, 0.15) is 0 Å². The van der Waals surface area contributed by atoms with Crippen molar-refractivity contribution < 1.29 is 28.4 Å². The Labute approximate surface area is 261 Å². The molecule has 0 bridgehead atoms.